The maximum absolute atomic E-state index is 12.4. The van der Waals surface area contributed by atoms with E-state index in [2.05, 4.69) is 26.6 Å². The number of anilines is 2. The molecule has 3 aromatic carbocycles. The molecule has 0 bridgehead atoms. The molecule has 0 heterocycles. The first-order valence-corrected chi connectivity index (χ1v) is 8.87. The van der Waals surface area contributed by atoms with Crippen LogP contribution in [0.4, 0.5) is 11.4 Å². The van der Waals surface area contributed by atoms with E-state index >= 15 is 0 Å². The van der Waals surface area contributed by atoms with Crippen molar-refractivity contribution in [2.24, 2.45) is 0 Å². The standard InChI is InChI=1S/C21H19BrN2O/c1-15-13-17(22)11-12-19(15)23-14-21(25)24-20-10-6-5-9-18(20)16-7-3-2-4-8-16/h2-13,23H,14H2,1H3,(H,24,25). The summed E-state index contributed by atoms with van der Waals surface area (Å²) in [4.78, 5) is 12.4. The molecule has 0 aliphatic heterocycles. The van der Waals surface area contributed by atoms with E-state index < -0.39 is 0 Å². The molecule has 1 amide bonds. The monoisotopic (exact) mass is 394 g/mol. The Hall–Kier alpha value is -2.59. The highest BCUT2D eigenvalue weighted by molar-refractivity contribution is 9.10. The number of nitrogens with one attached hydrogen (secondary N) is 2. The highest BCUT2D eigenvalue weighted by Gasteiger charge is 2.08. The highest BCUT2D eigenvalue weighted by Crippen LogP contribution is 2.27. The van der Waals surface area contributed by atoms with E-state index in [1.165, 1.54) is 0 Å². The van der Waals surface area contributed by atoms with E-state index in [0.29, 0.717) is 0 Å². The van der Waals surface area contributed by atoms with Gasteiger partial charge in [0, 0.05) is 21.4 Å². The van der Waals surface area contributed by atoms with Gasteiger partial charge in [-0.15, -0.1) is 0 Å². The Kier molecular flexibility index (Phi) is 5.51. The topological polar surface area (TPSA) is 41.1 Å². The number of rotatable bonds is 5. The second kappa shape index (κ2) is 7.99. The largest absolute Gasteiger partial charge is 0.376 e. The molecule has 0 aromatic heterocycles. The van der Waals surface area contributed by atoms with Gasteiger partial charge in [-0.2, -0.15) is 0 Å². The summed E-state index contributed by atoms with van der Waals surface area (Å²) in [5.41, 5.74) is 4.95. The van der Waals surface area contributed by atoms with Crippen molar-refractivity contribution in [3.8, 4) is 11.1 Å². The SMILES string of the molecule is Cc1cc(Br)ccc1NCC(=O)Nc1ccccc1-c1ccccc1. The van der Waals surface area contributed by atoms with Gasteiger partial charge in [-0.3, -0.25) is 4.79 Å². The van der Waals surface area contributed by atoms with Crippen LogP contribution in [0.5, 0.6) is 0 Å². The summed E-state index contributed by atoms with van der Waals surface area (Å²) >= 11 is 3.44. The molecule has 4 heteroatoms. The number of carbonyl (C=O) groups excluding carboxylic acids is 1. The lowest BCUT2D eigenvalue weighted by Gasteiger charge is -2.13. The molecule has 0 spiro atoms. The van der Waals surface area contributed by atoms with Gasteiger partial charge >= 0.3 is 0 Å². The highest BCUT2D eigenvalue weighted by atomic mass is 79.9. The fourth-order valence-electron chi connectivity index (χ4n) is 2.66. The summed E-state index contributed by atoms with van der Waals surface area (Å²) in [6.07, 6.45) is 0. The number of carbonyl (C=O) groups is 1. The Morgan fingerprint density at radius 1 is 0.920 bits per heavy atom. The maximum atomic E-state index is 12.4. The van der Waals surface area contributed by atoms with Crippen molar-refractivity contribution in [2.75, 3.05) is 17.2 Å². The molecule has 2 N–H and O–H groups in total. The van der Waals surface area contributed by atoms with Crippen LogP contribution in [0.25, 0.3) is 11.1 Å². The van der Waals surface area contributed by atoms with Gasteiger partial charge in [0.1, 0.15) is 0 Å². The third-order valence-corrected chi connectivity index (χ3v) is 4.41. The first kappa shape index (κ1) is 17.2. The number of aryl methyl sites for hydroxylation is 1. The molecule has 3 rings (SSSR count). The van der Waals surface area contributed by atoms with Crippen molar-refractivity contribution in [1.82, 2.24) is 0 Å². The molecule has 0 aliphatic rings. The Balaban J connectivity index is 1.69. The van der Waals surface area contributed by atoms with Gasteiger partial charge in [0.2, 0.25) is 5.91 Å². The summed E-state index contributed by atoms with van der Waals surface area (Å²) in [5, 5.41) is 6.19. The van der Waals surface area contributed by atoms with Crippen LogP contribution in [-0.2, 0) is 4.79 Å². The number of benzene rings is 3. The van der Waals surface area contributed by atoms with Gasteiger partial charge in [0.25, 0.3) is 0 Å². The normalized spacial score (nSPS) is 10.3. The van der Waals surface area contributed by atoms with Gasteiger partial charge < -0.3 is 10.6 Å². The minimum absolute atomic E-state index is 0.0781. The van der Waals surface area contributed by atoms with Crippen molar-refractivity contribution in [3.63, 3.8) is 0 Å². The Morgan fingerprint density at radius 3 is 2.40 bits per heavy atom. The van der Waals surface area contributed by atoms with E-state index in [4.69, 9.17) is 0 Å². The molecule has 0 atom stereocenters. The van der Waals surface area contributed by atoms with Crippen LogP contribution < -0.4 is 10.6 Å². The molecular formula is C21H19BrN2O. The zero-order chi connectivity index (χ0) is 17.6. The van der Waals surface area contributed by atoms with Crippen LogP contribution in [0.15, 0.2) is 77.3 Å². The van der Waals surface area contributed by atoms with Gasteiger partial charge in [-0.05, 0) is 42.3 Å². The van der Waals surface area contributed by atoms with Gasteiger partial charge in [-0.25, -0.2) is 0 Å². The average Bonchev–Trinajstić information content (AvgIpc) is 2.62. The van der Waals surface area contributed by atoms with Gasteiger partial charge in [0.15, 0.2) is 0 Å². The molecule has 0 unspecified atom stereocenters. The molecule has 0 aliphatic carbocycles. The minimum atomic E-state index is -0.0781. The summed E-state index contributed by atoms with van der Waals surface area (Å²) in [7, 11) is 0. The van der Waals surface area contributed by atoms with Gasteiger partial charge in [-0.1, -0.05) is 64.5 Å². The molecule has 0 radical (unpaired) electrons. The summed E-state index contributed by atoms with van der Waals surface area (Å²) in [6.45, 7) is 2.22. The van der Waals surface area contributed by atoms with Crippen molar-refractivity contribution in [2.45, 2.75) is 6.92 Å². The Bertz CT molecular complexity index is 878. The molecular weight excluding hydrogens is 376 g/mol. The molecule has 25 heavy (non-hydrogen) atoms. The molecule has 0 saturated heterocycles. The Labute approximate surface area is 156 Å². The summed E-state index contributed by atoms with van der Waals surface area (Å²) < 4.78 is 1.02. The van der Waals surface area contributed by atoms with Crippen LogP contribution in [0.3, 0.4) is 0 Å². The number of halogens is 1. The van der Waals surface area contributed by atoms with E-state index in [1.807, 2.05) is 79.7 Å². The summed E-state index contributed by atoms with van der Waals surface area (Å²) in [6, 6.07) is 23.8. The van der Waals surface area contributed by atoms with Crippen molar-refractivity contribution < 1.29 is 4.79 Å². The van der Waals surface area contributed by atoms with E-state index in [1.54, 1.807) is 0 Å². The number of hydrogen-bond donors (Lipinski definition) is 2. The van der Waals surface area contributed by atoms with E-state index in [9.17, 15) is 4.79 Å². The van der Waals surface area contributed by atoms with Crippen LogP contribution >= 0.6 is 15.9 Å². The van der Waals surface area contributed by atoms with Gasteiger partial charge in [0.05, 0.1) is 6.54 Å². The Morgan fingerprint density at radius 2 is 1.64 bits per heavy atom. The lowest BCUT2D eigenvalue weighted by molar-refractivity contribution is -0.114. The van der Waals surface area contributed by atoms with E-state index in [0.717, 1.165) is 32.5 Å². The average molecular weight is 395 g/mol. The molecule has 3 aromatic rings. The number of hydrogen-bond acceptors (Lipinski definition) is 2. The van der Waals surface area contributed by atoms with Crippen LogP contribution in [0, 0.1) is 6.92 Å². The molecule has 0 fully saturated rings. The molecule has 0 saturated carbocycles. The number of amides is 1. The van der Waals surface area contributed by atoms with Crippen LogP contribution in [-0.4, -0.2) is 12.5 Å². The predicted octanol–water partition coefficient (Wildman–Crippen LogP) is 5.48. The lowest BCUT2D eigenvalue weighted by Crippen LogP contribution is -2.22. The zero-order valence-electron chi connectivity index (χ0n) is 13.9. The minimum Gasteiger partial charge on any atom is -0.376 e. The third kappa shape index (κ3) is 4.48. The fraction of sp³-hybridized carbons (Fsp3) is 0.0952. The second-order valence-electron chi connectivity index (χ2n) is 5.77. The quantitative estimate of drug-likeness (QED) is 0.601. The van der Waals surface area contributed by atoms with Crippen molar-refractivity contribution in [3.05, 3.63) is 82.8 Å². The molecule has 3 nitrogen and oxygen atoms in total. The third-order valence-electron chi connectivity index (χ3n) is 3.91. The van der Waals surface area contributed by atoms with Crippen LogP contribution in [0.1, 0.15) is 5.56 Å². The predicted molar refractivity (Wildman–Crippen MR) is 108 cm³/mol. The first-order valence-electron chi connectivity index (χ1n) is 8.08. The first-order chi connectivity index (χ1) is 12.1. The zero-order valence-corrected chi connectivity index (χ0v) is 15.5. The van der Waals surface area contributed by atoms with Crippen molar-refractivity contribution in [1.29, 1.82) is 0 Å². The van der Waals surface area contributed by atoms with Crippen LogP contribution in [0.2, 0.25) is 0 Å². The van der Waals surface area contributed by atoms with Crippen molar-refractivity contribution >= 4 is 33.2 Å². The fourth-order valence-corrected chi connectivity index (χ4v) is 3.13. The maximum Gasteiger partial charge on any atom is 0.243 e. The second-order valence-corrected chi connectivity index (χ2v) is 6.69. The number of para-hydroxylation sites is 1. The smallest absolute Gasteiger partial charge is 0.243 e. The lowest BCUT2D eigenvalue weighted by atomic mass is 10.0. The van der Waals surface area contributed by atoms with E-state index in [-0.39, 0.29) is 12.5 Å². The summed E-state index contributed by atoms with van der Waals surface area (Å²) in [5.74, 6) is -0.0781. The molecule has 126 valence electrons.